The van der Waals surface area contributed by atoms with Gasteiger partial charge in [0.1, 0.15) is 0 Å². The van der Waals surface area contributed by atoms with Crippen molar-refractivity contribution < 1.29 is 11.0 Å². The molecule has 18 rings (SSSR count). The Morgan fingerprint density at radius 1 is 0.333 bits per heavy atom. The van der Waals surface area contributed by atoms with Gasteiger partial charge in [-0.25, -0.2) is 0 Å². The van der Waals surface area contributed by atoms with Crippen molar-refractivity contribution in [3.63, 3.8) is 0 Å². The van der Waals surface area contributed by atoms with Gasteiger partial charge in [-0.3, -0.25) is 0 Å². The van der Waals surface area contributed by atoms with Gasteiger partial charge in [-0.1, -0.05) is 244 Å². The molecule has 4 nitrogen and oxygen atoms in total. The Morgan fingerprint density at radius 3 is 1.42 bits per heavy atom. The van der Waals surface area contributed by atoms with E-state index in [0.717, 1.165) is 123 Å². The molecule has 6 heteroatoms. The van der Waals surface area contributed by atoms with Crippen LogP contribution in [-0.4, -0.2) is 15.8 Å². The van der Waals surface area contributed by atoms with Gasteiger partial charge in [0.2, 0.25) is 0 Å². The van der Waals surface area contributed by atoms with E-state index < -0.39 is 36.3 Å². The lowest BCUT2D eigenvalue weighted by atomic mass is 9.33. The molecule has 96 heavy (non-hydrogen) atoms. The minimum absolute atomic E-state index is 0.0201. The number of aromatic nitrogens is 2. The molecule has 0 atom stereocenters. The SMILES string of the molecule is [2H]c1c([2H])c([2H])c2c(c1[2H])c1c([2H])c([2H])c([2H])c([2H])c1n2-c1ccc2c(c1)N(c1c(-c3ccccc3)cc(C(C)(C)C)cc1-c1ccccc1)c1cc(C(C)(C)C)cc3c1B2c1ccc(-n2c4ccccc4c4cc(C(C)(C)C)ccc42)cc1N3c1cc(-c2ccccc2)cc2sc3ccccc3c12. The first-order valence-corrected chi connectivity index (χ1v) is 34.1. The van der Waals surface area contributed by atoms with E-state index in [0.29, 0.717) is 5.69 Å². The molecule has 16 aromatic rings. The standard InChI is InChI=1S/C90H73BN4S/c1-88(2,3)60-41-46-77-71(49-60)67-35-21-25-39-76(67)93(77)63-42-44-72-78(54-63)94(80-47-59(56-27-13-10-14-28-56)48-84-85(80)68-36-22-26-40-83(68)96-84)81-52-62(90(7,8)9)53-82-86(81)91(72)73-45-43-64(92-74-37-23-19-33-65(74)66-34-20-24-38-75(66)92)55-79(73)95(82)87-69(57-29-15-11-16-30-57)50-61(89(4,5)6)51-70(87)58-31-17-12-18-32-58/h10-55H,1-9H3/i19D,20D,23D,24D,33D,34D,37D,38D. The molecule has 2 aliphatic heterocycles. The van der Waals surface area contributed by atoms with Gasteiger partial charge in [0.25, 0.3) is 6.71 Å². The summed E-state index contributed by atoms with van der Waals surface area (Å²) in [5, 5.41) is 4.70. The second-order valence-corrected chi connectivity index (χ2v) is 30.2. The van der Waals surface area contributed by atoms with Crippen molar-refractivity contribution in [3.8, 4) is 44.8 Å². The van der Waals surface area contributed by atoms with Crippen molar-refractivity contribution in [1.82, 2.24) is 9.13 Å². The van der Waals surface area contributed by atoms with E-state index in [1.165, 1.54) is 25.7 Å². The van der Waals surface area contributed by atoms with E-state index in [1.54, 1.807) is 4.57 Å². The highest BCUT2D eigenvalue weighted by atomic mass is 32.1. The van der Waals surface area contributed by atoms with Crippen LogP contribution in [0.3, 0.4) is 0 Å². The molecule has 0 saturated carbocycles. The number of hydrogen-bond acceptors (Lipinski definition) is 3. The average Bonchev–Trinajstić information content (AvgIpc) is 0.724. The van der Waals surface area contributed by atoms with Crippen LogP contribution in [0.2, 0.25) is 0 Å². The van der Waals surface area contributed by atoms with Gasteiger partial charge in [-0.2, -0.15) is 0 Å². The highest BCUT2D eigenvalue weighted by molar-refractivity contribution is 7.26. The van der Waals surface area contributed by atoms with Crippen LogP contribution in [0.15, 0.2) is 279 Å². The fourth-order valence-electron chi connectivity index (χ4n) is 15.4. The van der Waals surface area contributed by atoms with Crippen LogP contribution >= 0.6 is 11.3 Å². The molecule has 5 heterocycles. The van der Waals surface area contributed by atoms with Crippen LogP contribution in [0, 0.1) is 0 Å². The van der Waals surface area contributed by atoms with Gasteiger partial charge in [-0.15, -0.1) is 11.3 Å². The van der Waals surface area contributed by atoms with Crippen LogP contribution < -0.4 is 26.2 Å². The molecular weight excluding hydrogens is 1180 g/mol. The third kappa shape index (κ3) is 9.02. The van der Waals surface area contributed by atoms with Gasteiger partial charge in [0.05, 0.1) is 44.4 Å². The summed E-state index contributed by atoms with van der Waals surface area (Å²) in [5.41, 5.74) is 21.4. The second-order valence-electron chi connectivity index (χ2n) is 29.1. The summed E-state index contributed by atoms with van der Waals surface area (Å²) in [6.07, 6.45) is 0. The number of fused-ring (bicyclic) bond motifs is 13. The van der Waals surface area contributed by atoms with E-state index in [1.807, 2.05) is 17.4 Å². The van der Waals surface area contributed by atoms with Gasteiger partial charge < -0.3 is 18.9 Å². The molecule has 13 aromatic carbocycles. The Hall–Kier alpha value is -10.7. The van der Waals surface area contributed by atoms with Crippen LogP contribution in [0.4, 0.5) is 34.1 Å². The molecule has 0 unspecified atom stereocenters. The van der Waals surface area contributed by atoms with Crippen molar-refractivity contribution in [2.24, 2.45) is 0 Å². The molecule has 0 fully saturated rings. The minimum Gasteiger partial charge on any atom is -0.311 e. The van der Waals surface area contributed by atoms with Gasteiger partial charge in [0, 0.05) is 87.0 Å². The summed E-state index contributed by atoms with van der Waals surface area (Å²) in [5.74, 6) is 0. The first-order valence-electron chi connectivity index (χ1n) is 37.3. The lowest BCUT2D eigenvalue weighted by Gasteiger charge is -2.46. The summed E-state index contributed by atoms with van der Waals surface area (Å²) < 4.78 is 81.8. The number of benzene rings is 13. The number of anilines is 6. The first-order chi connectivity index (χ1) is 49.8. The van der Waals surface area contributed by atoms with Crippen LogP contribution in [0.5, 0.6) is 0 Å². The summed E-state index contributed by atoms with van der Waals surface area (Å²) in [6.45, 7) is 20.0. The van der Waals surface area contributed by atoms with Gasteiger partial charge in [0.15, 0.2) is 0 Å². The highest BCUT2D eigenvalue weighted by Crippen LogP contribution is 2.55. The van der Waals surface area contributed by atoms with Crippen LogP contribution in [0.1, 0.15) is 90.0 Å². The minimum atomic E-state index is -0.492. The van der Waals surface area contributed by atoms with Crippen molar-refractivity contribution in [2.75, 3.05) is 9.80 Å². The maximum absolute atomic E-state index is 9.81. The number of nitrogens with zero attached hydrogens (tertiary/aromatic N) is 4. The molecule has 0 amide bonds. The van der Waals surface area contributed by atoms with Crippen molar-refractivity contribution >= 4 is 132 Å². The molecule has 0 radical (unpaired) electrons. The summed E-state index contributed by atoms with van der Waals surface area (Å²) in [7, 11) is 0. The fraction of sp³-hybridized carbons (Fsp3) is 0.133. The second kappa shape index (κ2) is 21.4. The number of thiophene rings is 1. The van der Waals surface area contributed by atoms with E-state index in [-0.39, 0.29) is 56.8 Å². The average molecular weight is 1260 g/mol. The largest absolute Gasteiger partial charge is 0.311 e. The molecule has 0 N–H and O–H groups in total. The van der Waals surface area contributed by atoms with Crippen molar-refractivity contribution in [3.05, 3.63) is 296 Å². The third-order valence-corrected chi connectivity index (χ3v) is 21.3. The Kier molecular flexibility index (Phi) is 11.1. The molecule has 0 aliphatic carbocycles. The first kappa shape index (κ1) is 49.9. The maximum Gasteiger partial charge on any atom is 0.252 e. The molecule has 2 aliphatic rings. The number of para-hydroxylation sites is 3. The zero-order valence-electron chi connectivity index (χ0n) is 63.2. The number of rotatable bonds is 7. The predicted molar refractivity (Wildman–Crippen MR) is 414 cm³/mol. The smallest absolute Gasteiger partial charge is 0.252 e. The Balaban J connectivity index is 1.04. The molecule has 3 aromatic heterocycles. The predicted octanol–water partition coefficient (Wildman–Crippen LogP) is 23.2. The van der Waals surface area contributed by atoms with E-state index in [9.17, 15) is 8.22 Å². The topological polar surface area (TPSA) is 16.3 Å². The normalized spacial score (nSPS) is 14.4. The molecule has 0 spiro atoms. The van der Waals surface area contributed by atoms with E-state index in [4.69, 9.17) is 2.74 Å². The highest BCUT2D eigenvalue weighted by Gasteiger charge is 2.46. The summed E-state index contributed by atoms with van der Waals surface area (Å²) >= 11 is 1.82. The molecule has 462 valence electrons. The van der Waals surface area contributed by atoms with Crippen molar-refractivity contribution in [2.45, 2.75) is 78.6 Å². The maximum atomic E-state index is 9.81. The zero-order chi connectivity index (χ0) is 72.1. The van der Waals surface area contributed by atoms with E-state index in [2.05, 4.69) is 301 Å². The quantitative estimate of drug-likeness (QED) is 0.148. The van der Waals surface area contributed by atoms with Crippen LogP contribution in [0.25, 0.3) is 109 Å². The molecule has 0 saturated heterocycles. The molecular formula is C90H73BN4S. The zero-order valence-corrected chi connectivity index (χ0v) is 56.0. The van der Waals surface area contributed by atoms with E-state index >= 15 is 0 Å². The van der Waals surface area contributed by atoms with Gasteiger partial charge >= 0.3 is 0 Å². The number of hydrogen-bond donors (Lipinski definition) is 0. The lowest BCUT2D eigenvalue weighted by molar-refractivity contribution is 0.590. The molecule has 0 bridgehead atoms. The Morgan fingerprint density at radius 2 is 0.823 bits per heavy atom. The lowest BCUT2D eigenvalue weighted by Crippen LogP contribution is -2.61. The monoisotopic (exact) mass is 1260 g/mol. The fourth-order valence-corrected chi connectivity index (χ4v) is 16.5. The van der Waals surface area contributed by atoms with Gasteiger partial charge in [-0.05, 0) is 169 Å². The Labute approximate surface area is 577 Å². The third-order valence-electron chi connectivity index (χ3n) is 20.2. The summed E-state index contributed by atoms with van der Waals surface area (Å²) in [6, 6.07) is 80.8. The Bertz CT molecular complexity index is 6220. The van der Waals surface area contributed by atoms with Crippen molar-refractivity contribution in [1.29, 1.82) is 0 Å². The van der Waals surface area contributed by atoms with Crippen LogP contribution in [-0.2, 0) is 16.2 Å². The summed E-state index contributed by atoms with van der Waals surface area (Å²) in [4.78, 5) is 5.06.